The lowest BCUT2D eigenvalue weighted by Gasteiger charge is -2.28. The Kier molecular flexibility index (Phi) is 5.94. The molecular weight excluding hydrogens is 280 g/mol. The molecule has 0 aromatic heterocycles. The third-order valence-electron chi connectivity index (χ3n) is 4.38. The molecule has 5 nitrogen and oxygen atoms in total. The number of fused-ring (bicyclic) bond motifs is 1. The third-order valence-corrected chi connectivity index (χ3v) is 4.38. The molecule has 2 rings (SSSR count). The number of primary amides is 1. The van der Waals surface area contributed by atoms with Crippen LogP contribution in [0.25, 0.3) is 0 Å². The van der Waals surface area contributed by atoms with Gasteiger partial charge >= 0.3 is 0 Å². The van der Waals surface area contributed by atoms with Crippen LogP contribution in [0.4, 0.5) is 0 Å². The maximum Gasteiger partial charge on any atom is 0.234 e. The van der Waals surface area contributed by atoms with Gasteiger partial charge in [0.05, 0.1) is 24.9 Å². The van der Waals surface area contributed by atoms with Gasteiger partial charge in [0, 0.05) is 6.54 Å². The van der Waals surface area contributed by atoms with Crippen molar-refractivity contribution >= 4 is 5.91 Å². The summed E-state index contributed by atoms with van der Waals surface area (Å²) in [6, 6.07) is 7.93. The molecule has 1 aromatic rings. The van der Waals surface area contributed by atoms with Gasteiger partial charge in [0.1, 0.15) is 0 Å². The first-order chi connectivity index (χ1) is 10.5. The van der Waals surface area contributed by atoms with Crippen LogP contribution in [0, 0.1) is 0 Å². The van der Waals surface area contributed by atoms with E-state index >= 15 is 0 Å². The van der Waals surface area contributed by atoms with E-state index in [1.807, 2.05) is 6.07 Å². The molecule has 0 fully saturated rings. The zero-order valence-corrected chi connectivity index (χ0v) is 13.4. The molecule has 122 valence electrons. The third kappa shape index (κ3) is 4.29. The van der Waals surface area contributed by atoms with Crippen LogP contribution in [0.1, 0.15) is 37.0 Å². The van der Waals surface area contributed by atoms with Gasteiger partial charge in [0.25, 0.3) is 0 Å². The summed E-state index contributed by atoms with van der Waals surface area (Å²) < 4.78 is 5.92. The maximum atomic E-state index is 11.1. The summed E-state index contributed by atoms with van der Waals surface area (Å²) in [6.45, 7) is 2.35. The Morgan fingerprint density at radius 1 is 1.50 bits per heavy atom. The number of benzene rings is 1. The summed E-state index contributed by atoms with van der Waals surface area (Å²) in [5.74, 6) is -0.392. The van der Waals surface area contributed by atoms with E-state index in [1.54, 1.807) is 18.9 Å². The maximum absolute atomic E-state index is 11.1. The van der Waals surface area contributed by atoms with Crippen LogP contribution in [-0.4, -0.2) is 48.3 Å². The zero-order chi connectivity index (χ0) is 16.1. The molecule has 0 saturated heterocycles. The van der Waals surface area contributed by atoms with Gasteiger partial charge < -0.3 is 15.6 Å². The van der Waals surface area contributed by atoms with Crippen LogP contribution in [-0.2, 0) is 16.0 Å². The fraction of sp³-hybridized carbons (Fsp3) is 0.588. The number of carbonyl (C=O) groups excluding carboxylic acids is 1. The average Bonchev–Trinajstić information content (AvgIpc) is 2.51. The van der Waals surface area contributed by atoms with Crippen LogP contribution in [0.5, 0.6) is 0 Å². The molecule has 0 radical (unpaired) electrons. The van der Waals surface area contributed by atoms with Crippen LogP contribution in [0.2, 0.25) is 0 Å². The number of aliphatic hydroxyl groups excluding tert-OH is 1. The Hall–Kier alpha value is -1.43. The van der Waals surface area contributed by atoms with Gasteiger partial charge in [-0.25, -0.2) is 0 Å². The lowest BCUT2D eigenvalue weighted by atomic mass is 9.89. The van der Waals surface area contributed by atoms with Gasteiger partial charge in [-0.05, 0) is 44.4 Å². The number of likely N-dealkylation sites (N-methyl/N-ethyl adjacent to an activating group) is 1. The summed E-state index contributed by atoms with van der Waals surface area (Å²) >= 11 is 0. The first kappa shape index (κ1) is 16.9. The molecule has 0 heterocycles. The number of rotatable bonds is 7. The first-order valence-corrected chi connectivity index (χ1v) is 7.86. The number of hydrogen-bond donors (Lipinski definition) is 2. The topological polar surface area (TPSA) is 75.8 Å². The Balaban J connectivity index is 1.85. The standard InChI is InChI=1S/C17H26N2O3/c1-12(17(18)21)19(2)10-14(20)11-22-16-9-5-7-13-6-3-4-8-15(13)16/h3-4,6,8,12,14,16,20H,5,7,9-11H2,1-2H3,(H2,18,21)/t12-,14?,16?/m1/s1. The van der Waals surface area contributed by atoms with E-state index in [0.29, 0.717) is 6.54 Å². The monoisotopic (exact) mass is 306 g/mol. The van der Waals surface area contributed by atoms with Crippen molar-refractivity contribution in [3.8, 4) is 0 Å². The number of ether oxygens (including phenoxy) is 1. The number of nitrogens with two attached hydrogens (primary N) is 1. The summed E-state index contributed by atoms with van der Waals surface area (Å²) in [4.78, 5) is 12.9. The minimum Gasteiger partial charge on any atom is -0.389 e. The van der Waals surface area contributed by atoms with Crippen LogP contribution < -0.4 is 5.73 Å². The van der Waals surface area contributed by atoms with Crippen molar-refractivity contribution in [2.45, 2.75) is 44.4 Å². The van der Waals surface area contributed by atoms with E-state index in [2.05, 4.69) is 18.2 Å². The van der Waals surface area contributed by atoms with E-state index in [9.17, 15) is 9.90 Å². The minimum atomic E-state index is -0.638. The van der Waals surface area contributed by atoms with Gasteiger partial charge in [0.2, 0.25) is 5.91 Å². The van der Waals surface area contributed by atoms with Gasteiger partial charge in [-0.1, -0.05) is 24.3 Å². The highest BCUT2D eigenvalue weighted by molar-refractivity contribution is 5.79. The van der Waals surface area contributed by atoms with Gasteiger partial charge in [-0.15, -0.1) is 0 Å². The molecule has 1 amide bonds. The quantitative estimate of drug-likeness (QED) is 0.795. The summed E-state index contributed by atoms with van der Waals surface area (Å²) in [7, 11) is 1.77. The predicted octanol–water partition coefficient (Wildman–Crippen LogP) is 1.25. The molecular formula is C17H26N2O3. The molecule has 2 unspecified atom stereocenters. The van der Waals surface area contributed by atoms with Gasteiger partial charge in [0.15, 0.2) is 0 Å². The van der Waals surface area contributed by atoms with E-state index in [4.69, 9.17) is 10.5 Å². The first-order valence-electron chi connectivity index (χ1n) is 7.86. The van der Waals surface area contributed by atoms with E-state index in [1.165, 1.54) is 11.1 Å². The Morgan fingerprint density at radius 3 is 2.95 bits per heavy atom. The lowest BCUT2D eigenvalue weighted by molar-refractivity contribution is -0.122. The van der Waals surface area contributed by atoms with Crippen molar-refractivity contribution in [3.63, 3.8) is 0 Å². The fourth-order valence-corrected chi connectivity index (χ4v) is 2.87. The molecule has 0 spiro atoms. The number of aliphatic hydroxyl groups is 1. The average molecular weight is 306 g/mol. The number of aryl methyl sites for hydroxylation is 1. The molecule has 0 bridgehead atoms. The molecule has 3 N–H and O–H groups in total. The largest absolute Gasteiger partial charge is 0.389 e. The van der Waals surface area contributed by atoms with Crippen molar-refractivity contribution in [1.82, 2.24) is 4.90 Å². The molecule has 1 aliphatic carbocycles. The van der Waals surface area contributed by atoms with Crippen molar-refractivity contribution in [2.75, 3.05) is 20.2 Å². The second-order valence-corrected chi connectivity index (χ2v) is 6.08. The summed E-state index contributed by atoms with van der Waals surface area (Å²) in [6.07, 6.45) is 2.60. The van der Waals surface area contributed by atoms with Crippen LogP contribution in [0.15, 0.2) is 24.3 Å². The number of carbonyl (C=O) groups is 1. The van der Waals surface area contributed by atoms with Crippen molar-refractivity contribution < 1.29 is 14.6 Å². The minimum absolute atomic E-state index is 0.0541. The highest BCUT2D eigenvalue weighted by atomic mass is 16.5. The molecule has 5 heteroatoms. The second kappa shape index (κ2) is 7.72. The molecule has 1 aliphatic rings. The highest BCUT2D eigenvalue weighted by Crippen LogP contribution is 2.32. The van der Waals surface area contributed by atoms with Gasteiger partial charge in [-0.3, -0.25) is 9.69 Å². The van der Waals surface area contributed by atoms with Crippen LogP contribution in [0.3, 0.4) is 0 Å². The van der Waals surface area contributed by atoms with Crippen molar-refractivity contribution in [1.29, 1.82) is 0 Å². The van der Waals surface area contributed by atoms with Crippen molar-refractivity contribution in [3.05, 3.63) is 35.4 Å². The fourth-order valence-electron chi connectivity index (χ4n) is 2.87. The number of nitrogens with zero attached hydrogens (tertiary/aromatic N) is 1. The Bertz CT molecular complexity index is 506. The highest BCUT2D eigenvalue weighted by Gasteiger charge is 2.22. The molecule has 1 aromatic carbocycles. The van der Waals surface area contributed by atoms with E-state index in [0.717, 1.165) is 19.3 Å². The van der Waals surface area contributed by atoms with E-state index < -0.39 is 18.1 Å². The lowest BCUT2D eigenvalue weighted by Crippen LogP contribution is -2.44. The molecule has 0 saturated carbocycles. The number of amides is 1. The predicted molar refractivity (Wildman–Crippen MR) is 85.4 cm³/mol. The van der Waals surface area contributed by atoms with E-state index in [-0.39, 0.29) is 12.7 Å². The van der Waals surface area contributed by atoms with Gasteiger partial charge in [-0.2, -0.15) is 0 Å². The normalized spacial score (nSPS) is 20.5. The molecule has 3 atom stereocenters. The Morgan fingerprint density at radius 2 is 2.23 bits per heavy atom. The summed E-state index contributed by atoms with van der Waals surface area (Å²) in [5, 5.41) is 10.1. The Labute approximate surface area is 132 Å². The van der Waals surface area contributed by atoms with Crippen molar-refractivity contribution in [2.24, 2.45) is 5.73 Å². The SMILES string of the molecule is C[C@H](C(N)=O)N(C)CC(O)COC1CCCc2ccccc21. The molecule has 22 heavy (non-hydrogen) atoms. The second-order valence-electron chi connectivity index (χ2n) is 6.08. The smallest absolute Gasteiger partial charge is 0.234 e. The zero-order valence-electron chi connectivity index (χ0n) is 13.4. The number of hydrogen-bond acceptors (Lipinski definition) is 4. The van der Waals surface area contributed by atoms with Crippen LogP contribution >= 0.6 is 0 Å². The summed E-state index contributed by atoms with van der Waals surface area (Å²) in [5.41, 5.74) is 7.84. The molecule has 0 aliphatic heterocycles.